The molecule has 2 aromatic heterocycles. The van der Waals surface area contributed by atoms with Gasteiger partial charge in [0.05, 0.1) is 12.7 Å². The van der Waals surface area contributed by atoms with Crippen LogP contribution in [0.15, 0.2) is 29.3 Å². The van der Waals surface area contributed by atoms with Crippen molar-refractivity contribution in [3.8, 4) is 0 Å². The van der Waals surface area contributed by atoms with Crippen molar-refractivity contribution < 1.29 is 4.79 Å². The Kier molecular flexibility index (Phi) is 3.24. The number of amides is 1. The molecule has 88 valence electrons. The number of nitrogens with one attached hydrogen (secondary N) is 2. The van der Waals surface area contributed by atoms with Gasteiger partial charge in [0, 0.05) is 18.8 Å². The summed E-state index contributed by atoms with van der Waals surface area (Å²) in [4.78, 5) is 22.3. The SMILES string of the molecule is O=C(NCCn1ccnn1)c1ccc(=O)[nH]n1. The predicted molar refractivity (Wildman–Crippen MR) is 57.2 cm³/mol. The summed E-state index contributed by atoms with van der Waals surface area (Å²) in [6.07, 6.45) is 3.26. The summed E-state index contributed by atoms with van der Waals surface area (Å²) in [5, 5.41) is 15.8. The fraction of sp³-hybridized carbons (Fsp3) is 0.222. The van der Waals surface area contributed by atoms with Gasteiger partial charge in [-0.1, -0.05) is 5.21 Å². The van der Waals surface area contributed by atoms with Crippen LogP contribution in [-0.2, 0) is 6.54 Å². The number of carbonyl (C=O) groups is 1. The largest absolute Gasteiger partial charge is 0.349 e. The van der Waals surface area contributed by atoms with Crippen molar-refractivity contribution in [2.75, 3.05) is 6.54 Å². The summed E-state index contributed by atoms with van der Waals surface area (Å²) in [7, 11) is 0. The highest BCUT2D eigenvalue weighted by Gasteiger charge is 2.06. The second kappa shape index (κ2) is 5.01. The van der Waals surface area contributed by atoms with Gasteiger partial charge in [-0.3, -0.25) is 14.3 Å². The smallest absolute Gasteiger partial charge is 0.271 e. The molecule has 2 aromatic rings. The zero-order valence-corrected chi connectivity index (χ0v) is 8.83. The number of hydrogen-bond donors (Lipinski definition) is 2. The van der Waals surface area contributed by atoms with Gasteiger partial charge in [0.1, 0.15) is 5.69 Å². The molecule has 2 heterocycles. The van der Waals surface area contributed by atoms with Crippen molar-refractivity contribution >= 4 is 5.91 Å². The van der Waals surface area contributed by atoms with E-state index in [1.807, 2.05) is 0 Å². The first-order chi connectivity index (χ1) is 8.25. The number of H-pyrrole nitrogens is 1. The van der Waals surface area contributed by atoms with Crippen LogP contribution < -0.4 is 10.9 Å². The molecule has 0 spiro atoms. The minimum Gasteiger partial charge on any atom is -0.349 e. The number of aromatic nitrogens is 5. The minimum absolute atomic E-state index is 0.170. The number of nitrogens with zero attached hydrogens (tertiary/aromatic N) is 4. The lowest BCUT2D eigenvalue weighted by Gasteiger charge is -2.03. The summed E-state index contributed by atoms with van der Waals surface area (Å²) in [5.74, 6) is -0.346. The molecule has 8 nitrogen and oxygen atoms in total. The molecule has 0 radical (unpaired) electrons. The van der Waals surface area contributed by atoms with Gasteiger partial charge in [0.15, 0.2) is 0 Å². The average molecular weight is 234 g/mol. The fourth-order valence-corrected chi connectivity index (χ4v) is 1.20. The second-order valence-electron chi connectivity index (χ2n) is 3.23. The van der Waals surface area contributed by atoms with E-state index in [-0.39, 0.29) is 17.2 Å². The normalized spacial score (nSPS) is 10.1. The molecule has 17 heavy (non-hydrogen) atoms. The highest BCUT2D eigenvalue weighted by atomic mass is 16.2. The van der Waals surface area contributed by atoms with Crippen molar-refractivity contribution in [1.29, 1.82) is 0 Å². The summed E-state index contributed by atoms with van der Waals surface area (Å²) in [6, 6.07) is 2.61. The summed E-state index contributed by atoms with van der Waals surface area (Å²) >= 11 is 0. The number of carbonyl (C=O) groups excluding carboxylic acids is 1. The zero-order valence-electron chi connectivity index (χ0n) is 8.83. The molecule has 2 N–H and O–H groups in total. The monoisotopic (exact) mass is 234 g/mol. The standard InChI is InChI=1S/C9H10N6O2/c16-8-2-1-7(12-13-8)9(17)10-3-5-15-6-4-11-14-15/h1-2,4,6H,3,5H2,(H,10,17)(H,13,16). The van der Waals surface area contributed by atoms with Crippen molar-refractivity contribution in [2.45, 2.75) is 6.54 Å². The van der Waals surface area contributed by atoms with E-state index in [0.717, 1.165) is 0 Å². The van der Waals surface area contributed by atoms with Crippen molar-refractivity contribution in [1.82, 2.24) is 30.5 Å². The van der Waals surface area contributed by atoms with Crippen LogP contribution in [0.2, 0.25) is 0 Å². The van der Waals surface area contributed by atoms with E-state index in [4.69, 9.17) is 0 Å². The Morgan fingerprint density at radius 3 is 3.00 bits per heavy atom. The van der Waals surface area contributed by atoms with E-state index >= 15 is 0 Å². The van der Waals surface area contributed by atoms with Crippen LogP contribution in [-0.4, -0.2) is 37.6 Å². The quantitative estimate of drug-likeness (QED) is 0.690. The van der Waals surface area contributed by atoms with Crippen LogP contribution in [0.25, 0.3) is 0 Å². The third kappa shape index (κ3) is 2.97. The van der Waals surface area contributed by atoms with Crippen LogP contribution in [0, 0.1) is 0 Å². The molecule has 0 aromatic carbocycles. The molecule has 0 atom stereocenters. The van der Waals surface area contributed by atoms with E-state index in [0.29, 0.717) is 13.1 Å². The summed E-state index contributed by atoms with van der Waals surface area (Å²) < 4.78 is 1.60. The summed E-state index contributed by atoms with van der Waals surface area (Å²) in [6.45, 7) is 0.929. The van der Waals surface area contributed by atoms with E-state index < -0.39 is 0 Å². The van der Waals surface area contributed by atoms with Crippen LogP contribution in [0.1, 0.15) is 10.5 Å². The third-order valence-corrected chi connectivity index (χ3v) is 2.01. The Morgan fingerprint density at radius 1 is 1.47 bits per heavy atom. The van der Waals surface area contributed by atoms with E-state index in [2.05, 4.69) is 25.8 Å². The molecule has 8 heteroatoms. The molecule has 0 aliphatic heterocycles. The first-order valence-electron chi connectivity index (χ1n) is 4.94. The van der Waals surface area contributed by atoms with Gasteiger partial charge in [-0.15, -0.1) is 5.10 Å². The highest BCUT2D eigenvalue weighted by Crippen LogP contribution is 1.88. The van der Waals surface area contributed by atoms with Gasteiger partial charge in [-0.25, -0.2) is 5.10 Å². The van der Waals surface area contributed by atoms with Crippen molar-refractivity contribution in [3.63, 3.8) is 0 Å². The molecule has 0 unspecified atom stereocenters. The van der Waals surface area contributed by atoms with Gasteiger partial charge in [0.25, 0.3) is 11.5 Å². The number of hydrogen-bond acceptors (Lipinski definition) is 5. The minimum atomic E-state index is -0.346. The van der Waals surface area contributed by atoms with Gasteiger partial charge in [0.2, 0.25) is 0 Å². The molecule has 0 fully saturated rings. The molecule has 1 amide bonds. The predicted octanol–water partition coefficient (Wildman–Crippen LogP) is -1.21. The van der Waals surface area contributed by atoms with Gasteiger partial charge < -0.3 is 5.32 Å². The Hall–Kier alpha value is -2.51. The Balaban J connectivity index is 1.85. The van der Waals surface area contributed by atoms with E-state index in [1.54, 1.807) is 17.1 Å². The lowest BCUT2D eigenvalue weighted by atomic mass is 10.3. The number of rotatable bonds is 4. The zero-order chi connectivity index (χ0) is 12.1. The molecular weight excluding hydrogens is 224 g/mol. The molecule has 0 aliphatic carbocycles. The maximum Gasteiger partial charge on any atom is 0.271 e. The van der Waals surface area contributed by atoms with Crippen LogP contribution in [0.3, 0.4) is 0 Å². The molecule has 0 saturated heterocycles. The fourth-order valence-electron chi connectivity index (χ4n) is 1.20. The number of aromatic amines is 1. The highest BCUT2D eigenvalue weighted by molar-refractivity contribution is 5.91. The topological polar surface area (TPSA) is 106 Å². The Labute approximate surface area is 95.7 Å². The lowest BCUT2D eigenvalue weighted by molar-refractivity contribution is 0.0945. The second-order valence-corrected chi connectivity index (χ2v) is 3.23. The van der Waals surface area contributed by atoms with Crippen molar-refractivity contribution in [2.24, 2.45) is 0 Å². The van der Waals surface area contributed by atoms with Crippen LogP contribution in [0.5, 0.6) is 0 Å². The summed E-state index contributed by atoms with van der Waals surface area (Å²) in [5.41, 5.74) is -0.174. The molecule has 0 saturated carbocycles. The van der Waals surface area contributed by atoms with E-state index in [1.165, 1.54) is 12.1 Å². The van der Waals surface area contributed by atoms with Crippen LogP contribution >= 0.6 is 0 Å². The van der Waals surface area contributed by atoms with Gasteiger partial charge in [-0.2, -0.15) is 5.10 Å². The van der Waals surface area contributed by atoms with E-state index in [9.17, 15) is 9.59 Å². The molecular formula is C9H10N6O2. The lowest BCUT2D eigenvalue weighted by Crippen LogP contribution is -2.29. The first-order valence-corrected chi connectivity index (χ1v) is 4.94. The maximum atomic E-state index is 11.5. The maximum absolute atomic E-state index is 11.5. The van der Waals surface area contributed by atoms with Gasteiger partial charge >= 0.3 is 0 Å². The molecule has 0 bridgehead atoms. The third-order valence-electron chi connectivity index (χ3n) is 2.01. The Morgan fingerprint density at radius 2 is 2.35 bits per heavy atom. The molecule has 0 aliphatic rings. The average Bonchev–Trinajstić information content (AvgIpc) is 2.83. The Bertz CT molecular complexity index is 526. The van der Waals surface area contributed by atoms with Gasteiger partial charge in [-0.05, 0) is 6.07 Å². The van der Waals surface area contributed by atoms with Crippen molar-refractivity contribution in [3.05, 3.63) is 40.6 Å². The molecule has 2 rings (SSSR count). The van der Waals surface area contributed by atoms with Crippen LogP contribution in [0.4, 0.5) is 0 Å². The first kappa shape index (κ1) is 11.0.